The molecule has 1 aliphatic carbocycles. The smallest absolute Gasteiger partial charge is 0.271 e. The summed E-state index contributed by atoms with van der Waals surface area (Å²) in [4.78, 5) is 37.7. The van der Waals surface area contributed by atoms with Crippen LogP contribution in [0.15, 0.2) is 18.6 Å². The molecule has 0 aromatic carbocycles. The Morgan fingerprint density at radius 2 is 2.00 bits per heavy atom. The van der Waals surface area contributed by atoms with E-state index in [0.717, 1.165) is 56.5 Å². The number of aromatic amines is 2. The predicted octanol–water partition coefficient (Wildman–Crippen LogP) is 1.45. The van der Waals surface area contributed by atoms with Crippen molar-refractivity contribution >= 4 is 11.8 Å². The van der Waals surface area contributed by atoms with Gasteiger partial charge in [0, 0.05) is 43.9 Å². The second kappa shape index (κ2) is 6.21. The summed E-state index contributed by atoms with van der Waals surface area (Å²) in [6.45, 7) is 1.95. The van der Waals surface area contributed by atoms with Gasteiger partial charge in [-0.3, -0.25) is 14.7 Å². The van der Waals surface area contributed by atoms with Gasteiger partial charge in [0.1, 0.15) is 5.69 Å². The summed E-state index contributed by atoms with van der Waals surface area (Å²) in [6, 6.07) is 1.70. The average Bonchev–Trinajstić information content (AvgIpc) is 3.33. The minimum atomic E-state index is -0.384. The number of fused-ring (bicyclic) bond motifs is 2. The van der Waals surface area contributed by atoms with Crippen LogP contribution in [-0.4, -0.2) is 61.4 Å². The van der Waals surface area contributed by atoms with E-state index in [1.54, 1.807) is 18.6 Å². The van der Waals surface area contributed by atoms with Crippen LogP contribution in [0.25, 0.3) is 0 Å². The van der Waals surface area contributed by atoms with Gasteiger partial charge >= 0.3 is 0 Å². The van der Waals surface area contributed by atoms with Crippen molar-refractivity contribution in [2.24, 2.45) is 5.92 Å². The van der Waals surface area contributed by atoms with Gasteiger partial charge in [-0.25, -0.2) is 4.98 Å². The van der Waals surface area contributed by atoms with Crippen LogP contribution < -0.4 is 0 Å². The lowest BCUT2D eigenvalue weighted by atomic mass is 9.76. The van der Waals surface area contributed by atoms with Gasteiger partial charge in [-0.2, -0.15) is 5.10 Å². The van der Waals surface area contributed by atoms with Crippen molar-refractivity contribution in [3.63, 3.8) is 0 Å². The van der Waals surface area contributed by atoms with Crippen molar-refractivity contribution in [2.75, 3.05) is 19.6 Å². The lowest BCUT2D eigenvalue weighted by molar-refractivity contribution is -0.148. The van der Waals surface area contributed by atoms with Crippen LogP contribution in [0.2, 0.25) is 0 Å². The lowest BCUT2D eigenvalue weighted by Crippen LogP contribution is -2.60. The number of nitrogens with zero attached hydrogens (tertiary/aromatic N) is 4. The molecular weight excluding hydrogens is 344 g/mol. The summed E-state index contributed by atoms with van der Waals surface area (Å²) >= 11 is 0. The van der Waals surface area contributed by atoms with E-state index in [4.69, 9.17) is 0 Å². The largest absolute Gasteiger partial charge is 0.348 e. The molecule has 8 nitrogen and oxygen atoms in total. The van der Waals surface area contributed by atoms with Crippen LogP contribution in [-0.2, 0) is 16.8 Å². The normalized spacial score (nSPS) is 21.8. The third-order valence-corrected chi connectivity index (χ3v) is 6.59. The van der Waals surface area contributed by atoms with Crippen molar-refractivity contribution in [3.8, 4) is 0 Å². The first-order valence-corrected chi connectivity index (χ1v) is 9.82. The van der Waals surface area contributed by atoms with Crippen LogP contribution in [0.5, 0.6) is 0 Å². The molecule has 1 saturated carbocycles. The van der Waals surface area contributed by atoms with E-state index in [0.29, 0.717) is 18.8 Å². The van der Waals surface area contributed by atoms with E-state index >= 15 is 0 Å². The number of likely N-dealkylation sites (tertiary alicyclic amines) is 1. The molecule has 2 aromatic heterocycles. The maximum Gasteiger partial charge on any atom is 0.271 e. The zero-order valence-corrected chi connectivity index (χ0v) is 15.3. The molecule has 2 aromatic rings. The Kier molecular flexibility index (Phi) is 3.80. The van der Waals surface area contributed by atoms with Crippen molar-refractivity contribution in [2.45, 2.75) is 44.1 Å². The molecule has 0 radical (unpaired) electrons. The second-order valence-corrected chi connectivity index (χ2v) is 7.89. The summed E-state index contributed by atoms with van der Waals surface area (Å²) in [6.07, 6.45) is 8.77. The molecule has 2 N–H and O–H groups in total. The van der Waals surface area contributed by atoms with Gasteiger partial charge in [-0.05, 0) is 31.7 Å². The highest BCUT2D eigenvalue weighted by Crippen LogP contribution is 2.44. The predicted molar refractivity (Wildman–Crippen MR) is 96.7 cm³/mol. The summed E-state index contributed by atoms with van der Waals surface area (Å²) in [5, 5.41) is 6.63. The highest BCUT2D eigenvalue weighted by molar-refractivity contribution is 5.92. The lowest BCUT2D eigenvalue weighted by Gasteiger charge is -2.51. The number of imidazole rings is 1. The molecule has 2 fully saturated rings. The first-order valence-electron chi connectivity index (χ1n) is 9.82. The first-order chi connectivity index (χ1) is 13.2. The Hall–Kier alpha value is -2.64. The standard InChI is InChI=1S/C19H24N6O2/c26-17(13-2-1-3-13)25-9-5-14-16(21-12-20-14)19(25)6-10-24(11-7-19)18(27)15-4-8-22-23-15/h4,8,12-13H,1-3,5-7,9-11H2,(H,20,21)(H,22,23). The summed E-state index contributed by atoms with van der Waals surface area (Å²) in [5.74, 6) is 0.424. The number of nitrogens with one attached hydrogen (secondary N) is 2. The van der Waals surface area contributed by atoms with Crippen LogP contribution in [0.4, 0.5) is 0 Å². The third kappa shape index (κ3) is 2.49. The van der Waals surface area contributed by atoms with E-state index in [9.17, 15) is 9.59 Å². The molecule has 8 heteroatoms. The molecule has 0 atom stereocenters. The Balaban J connectivity index is 1.42. The Morgan fingerprint density at radius 3 is 2.67 bits per heavy atom. The molecular formula is C19H24N6O2. The number of carbonyl (C=O) groups is 2. The van der Waals surface area contributed by atoms with E-state index < -0.39 is 0 Å². The highest BCUT2D eigenvalue weighted by atomic mass is 16.2. The molecule has 27 heavy (non-hydrogen) atoms. The maximum absolute atomic E-state index is 13.2. The summed E-state index contributed by atoms with van der Waals surface area (Å²) in [5.41, 5.74) is 2.28. The van der Waals surface area contributed by atoms with E-state index in [2.05, 4.69) is 25.1 Å². The molecule has 1 saturated heterocycles. The minimum absolute atomic E-state index is 0.0303. The number of hydrogen-bond acceptors (Lipinski definition) is 4. The van der Waals surface area contributed by atoms with Gasteiger partial charge in [0.25, 0.3) is 5.91 Å². The van der Waals surface area contributed by atoms with Gasteiger partial charge in [0.15, 0.2) is 0 Å². The molecule has 2 amide bonds. The number of hydrogen-bond donors (Lipinski definition) is 2. The minimum Gasteiger partial charge on any atom is -0.348 e. The third-order valence-electron chi connectivity index (χ3n) is 6.59. The van der Waals surface area contributed by atoms with Gasteiger partial charge in [0.05, 0.1) is 17.6 Å². The number of amides is 2. The zero-order chi connectivity index (χ0) is 18.4. The highest BCUT2D eigenvalue weighted by Gasteiger charge is 2.50. The Morgan fingerprint density at radius 1 is 1.19 bits per heavy atom. The van der Waals surface area contributed by atoms with Crippen LogP contribution in [0.1, 0.15) is 54.0 Å². The molecule has 0 bridgehead atoms. The maximum atomic E-state index is 13.2. The fourth-order valence-electron chi connectivity index (χ4n) is 4.81. The van der Waals surface area contributed by atoms with E-state index in [-0.39, 0.29) is 23.3 Å². The van der Waals surface area contributed by atoms with Crippen LogP contribution >= 0.6 is 0 Å². The number of rotatable bonds is 2. The number of H-pyrrole nitrogens is 2. The van der Waals surface area contributed by atoms with Gasteiger partial charge in [-0.1, -0.05) is 6.42 Å². The first kappa shape index (κ1) is 16.5. The Labute approximate surface area is 157 Å². The molecule has 0 unspecified atom stereocenters. The number of piperidine rings is 1. The molecule has 2 aliphatic heterocycles. The van der Waals surface area contributed by atoms with Crippen LogP contribution in [0, 0.1) is 5.92 Å². The monoisotopic (exact) mass is 368 g/mol. The summed E-state index contributed by atoms with van der Waals surface area (Å²) in [7, 11) is 0. The fraction of sp³-hybridized carbons (Fsp3) is 0.579. The summed E-state index contributed by atoms with van der Waals surface area (Å²) < 4.78 is 0. The molecule has 1 spiro atoms. The average molecular weight is 368 g/mol. The van der Waals surface area contributed by atoms with E-state index in [1.807, 2.05) is 4.90 Å². The Bertz CT molecular complexity index is 845. The van der Waals surface area contributed by atoms with Crippen LogP contribution in [0.3, 0.4) is 0 Å². The topological polar surface area (TPSA) is 98.0 Å². The van der Waals surface area contributed by atoms with Gasteiger partial charge in [0.2, 0.25) is 5.91 Å². The second-order valence-electron chi connectivity index (χ2n) is 7.89. The molecule has 4 heterocycles. The van der Waals surface area contributed by atoms with Crippen molar-refractivity contribution in [1.82, 2.24) is 30.0 Å². The number of carbonyl (C=O) groups excluding carboxylic acids is 2. The molecule has 5 rings (SSSR count). The van der Waals surface area contributed by atoms with E-state index in [1.165, 1.54) is 0 Å². The SMILES string of the molecule is O=C(c1ccn[nH]1)N1CCC2(CC1)c1nc[nH]c1CCN2C(=O)C1CCC1. The van der Waals surface area contributed by atoms with Gasteiger partial charge < -0.3 is 14.8 Å². The molecule has 142 valence electrons. The zero-order valence-electron chi connectivity index (χ0n) is 15.3. The molecule has 3 aliphatic rings. The van der Waals surface area contributed by atoms with Crippen molar-refractivity contribution < 1.29 is 9.59 Å². The van der Waals surface area contributed by atoms with Crippen molar-refractivity contribution in [3.05, 3.63) is 35.7 Å². The van der Waals surface area contributed by atoms with Crippen molar-refractivity contribution in [1.29, 1.82) is 0 Å². The van der Waals surface area contributed by atoms with Gasteiger partial charge in [-0.15, -0.1) is 0 Å². The number of aromatic nitrogens is 4. The quantitative estimate of drug-likeness (QED) is 0.838. The fourth-order valence-corrected chi connectivity index (χ4v) is 4.81.